The first-order valence-corrected chi connectivity index (χ1v) is 20.0. The predicted octanol–water partition coefficient (Wildman–Crippen LogP) is 15.4. The molecule has 0 heteroatoms. The van der Waals surface area contributed by atoms with E-state index in [1.54, 1.807) is 0 Å². The van der Waals surface area contributed by atoms with E-state index in [-0.39, 0.29) is 10.8 Å². The second-order valence-corrected chi connectivity index (χ2v) is 17.2. The number of hydrogen-bond donors (Lipinski definition) is 0. The summed E-state index contributed by atoms with van der Waals surface area (Å²) in [5.74, 6) is 0. The molecule has 0 radical (unpaired) electrons. The lowest BCUT2D eigenvalue weighted by Crippen LogP contribution is -2.19. The van der Waals surface area contributed by atoms with Crippen LogP contribution in [-0.4, -0.2) is 0 Å². The minimum absolute atomic E-state index is 0.0908. The first kappa shape index (κ1) is 31.8. The van der Waals surface area contributed by atoms with Gasteiger partial charge in [-0.2, -0.15) is 0 Å². The Bertz CT molecular complexity index is 3300. The van der Waals surface area contributed by atoms with Crippen molar-refractivity contribution in [2.24, 2.45) is 0 Å². The van der Waals surface area contributed by atoms with E-state index in [2.05, 4.69) is 198 Å². The molecule has 10 aromatic rings. The first-order valence-electron chi connectivity index (χ1n) is 20.0. The molecule has 12 rings (SSSR count). The fourth-order valence-corrected chi connectivity index (χ4v) is 10.9. The van der Waals surface area contributed by atoms with Gasteiger partial charge >= 0.3 is 0 Å². The van der Waals surface area contributed by atoms with Crippen LogP contribution in [0.2, 0.25) is 0 Å². The molecule has 0 unspecified atom stereocenters. The average Bonchev–Trinajstić information content (AvgIpc) is 3.60. The van der Waals surface area contributed by atoms with Crippen molar-refractivity contribution in [2.45, 2.75) is 38.5 Å². The lowest BCUT2D eigenvalue weighted by molar-refractivity contribution is 0.640. The SMILES string of the molecule is CC1(C)c2cc3c(cc2-c2c1ccc1ccccc21)-c1c(cc(-c2c4ccccc4c(-c4ccc5ccccc5c4)c4ccccc24)c2ccccc12)C3(C)C. The fourth-order valence-electron chi connectivity index (χ4n) is 10.9. The average molecular weight is 713 g/mol. The summed E-state index contributed by atoms with van der Waals surface area (Å²) >= 11 is 0. The Morgan fingerprint density at radius 2 is 0.732 bits per heavy atom. The topological polar surface area (TPSA) is 0 Å². The smallest absolute Gasteiger partial charge is 0.0159 e. The van der Waals surface area contributed by atoms with Crippen LogP contribution in [0, 0.1) is 0 Å². The van der Waals surface area contributed by atoms with Gasteiger partial charge in [0.2, 0.25) is 0 Å². The molecule has 0 fully saturated rings. The zero-order valence-corrected chi connectivity index (χ0v) is 32.2. The van der Waals surface area contributed by atoms with Gasteiger partial charge in [0.1, 0.15) is 0 Å². The van der Waals surface area contributed by atoms with Crippen molar-refractivity contribution in [3.8, 4) is 44.5 Å². The molecule has 2 aliphatic carbocycles. The minimum Gasteiger partial charge on any atom is -0.0616 e. The van der Waals surface area contributed by atoms with Crippen LogP contribution in [-0.2, 0) is 10.8 Å². The van der Waals surface area contributed by atoms with Crippen molar-refractivity contribution < 1.29 is 0 Å². The molecule has 56 heavy (non-hydrogen) atoms. The van der Waals surface area contributed by atoms with E-state index in [1.807, 2.05) is 0 Å². The van der Waals surface area contributed by atoms with Gasteiger partial charge in [-0.3, -0.25) is 0 Å². The van der Waals surface area contributed by atoms with Gasteiger partial charge < -0.3 is 0 Å². The molecular formula is C56H40. The summed E-state index contributed by atoms with van der Waals surface area (Å²) < 4.78 is 0. The van der Waals surface area contributed by atoms with Crippen LogP contribution in [0.25, 0.3) is 98.4 Å². The lowest BCUT2D eigenvalue weighted by Gasteiger charge is -2.26. The van der Waals surface area contributed by atoms with Gasteiger partial charge in [0.05, 0.1) is 0 Å². The Kier molecular flexibility index (Phi) is 6.28. The van der Waals surface area contributed by atoms with Crippen LogP contribution >= 0.6 is 0 Å². The molecule has 0 nitrogen and oxygen atoms in total. The molecule has 0 atom stereocenters. The Morgan fingerprint density at radius 1 is 0.268 bits per heavy atom. The fraction of sp³-hybridized carbons (Fsp3) is 0.107. The molecule has 0 aliphatic heterocycles. The van der Waals surface area contributed by atoms with Gasteiger partial charge in [-0.1, -0.05) is 179 Å². The molecule has 0 amide bonds. The second-order valence-electron chi connectivity index (χ2n) is 17.2. The van der Waals surface area contributed by atoms with Crippen LogP contribution in [0.3, 0.4) is 0 Å². The predicted molar refractivity (Wildman–Crippen MR) is 240 cm³/mol. The molecular weight excluding hydrogens is 673 g/mol. The molecule has 0 heterocycles. The van der Waals surface area contributed by atoms with Crippen molar-refractivity contribution >= 4 is 53.9 Å². The maximum Gasteiger partial charge on any atom is 0.0159 e. The van der Waals surface area contributed by atoms with Gasteiger partial charge in [0.25, 0.3) is 0 Å². The number of hydrogen-bond acceptors (Lipinski definition) is 0. The Balaban J connectivity index is 1.16. The molecule has 0 aromatic heterocycles. The van der Waals surface area contributed by atoms with Crippen molar-refractivity contribution in [1.82, 2.24) is 0 Å². The number of benzene rings is 10. The zero-order chi connectivity index (χ0) is 37.5. The summed E-state index contributed by atoms with van der Waals surface area (Å²) in [7, 11) is 0. The maximum absolute atomic E-state index is 2.58. The van der Waals surface area contributed by atoms with Crippen LogP contribution in [0.4, 0.5) is 0 Å². The Hall–Kier alpha value is -6.50. The Labute approximate surface area is 327 Å². The highest BCUT2D eigenvalue weighted by molar-refractivity contribution is 6.25. The highest BCUT2D eigenvalue weighted by Gasteiger charge is 2.43. The van der Waals surface area contributed by atoms with E-state index in [4.69, 9.17) is 0 Å². The number of rotatable bonds is 2. The van der Waals surface area contributed by atoms with E-state index in [0.717, 1.165) is 0 Å². The van der Waals surface area contributed by atoms with Gasteiger partial charge in [0.15, 0.2) is 0 Å². The first-order chi connectivity index (χ1) is 27.3. The van der Waals surface area contributed by atoms with Gasteiger partial charge in [-0.15, -0.1) is 0 Å². The van der Waals surface area contributed by atoms with E-state index >= 15 is 0 Å². The molecule has 264 valence electrons. The summed E-state index contributed by atoms with van der Waals surface area (Å²) in [4.78, 5) is 0. The van der Waals surface area contributed by atoms with E-state index in [1.165, 1.54) is 121 Å². The third kappa shape index (κ3) is 4.09. The van der Waals surface area contributed by atoms with Gasteiger partial charge in [0, 0.05) is 10.8 Å². The third-order valence-corrected chi connectivity index (χ3v) is 13.6. The summed E-state index contributed by atoms with van der Waals surface area (Å²) in [6.45, 7) is 9.73. The molecule has 0 saturated carbocycles. The molecule has 0 spiro atoms. The molecule has 0 N–H and O–H groups in total. The molecule has 0 saturated heterocycles. The monoisotopic (exact) mass is 712 g/mol. The lowest BCUT2D eigenvalue weighted by atomic mass is 9.77. The van der Waals surface area contributed by atoms with Crippen LogP contribution in [0.1, 0.15) is 49.9 Å². The summed E-state index contributed by atoms with van der Waals surface area (Å²) in [5.41, 5.74) is 16.2. The Morgan fingerprint density at radius 3 is 1.38 bits per heavy atom. The largest absolute Gasteiger partial charge is 0.0616 e. The van der Waals surface area contributed by atoms with Crippen molar-refractivity contribution in [3.63, 3.8) is 0 Å². The highest BCUT2D eigenvalue weighted by atomic mass is 14.5. The maximum atomic E-state index is 2.58. The van der Waals surface area contributed by atoms with Crippen LogP contribution in [0.5, 0.6) is 0 Å². The quantitative estimate of drug-likeness (QED) is 0.157. The van der Waals surface area contributed by atoms with Gasteiger partial charge in [-0.05, 0) is 139 Å². The second kappa shape index (κ2) is 11.1. The van der Waals surface area contributed by atoms with Crippen molar-refractivity contribution in [3.05, 3.63) is 192 Å². The molecule has 10 aromatic carbocycles. The molecule has 0 bridgehead atoms. The van der Waals surface area contributed by atoms with Crippen molar-refractivity contribution in [1.29, 1.82) is 0 Å². The summed E-state index contributed by atoms with van der Waals surface area (Å²) in [5, 5.41) is 13.0. The highest BCUT2D eigenvalue weighted by Crippen LogP contribution is 2.59. The van der Waals surface area contributed by atoms with Crippen LogP contribution in [0.15, 0.2) is 170 Å². The van der Waals surface area contributed by atoms with Gasteiger partial charge in [-0.25, -0.2) is 0 Å². The van der Waals surface area contributed by atoms with Crippen LogP contribution < -0.4 is 0 Å². The summed E-state index contributed by atoms with van der Waals surface area (Å²) in [6.07, 6.45) is 0. The minimum atomic E-state index is -0.192. The van der Waals surface area contributed by atoms with E-state index in [9.17, 15) is 0 Å². The number of fused-ring (bicyclic) bond motifs is 13. The zero-order valence-electron chi connectivity index (χ0n) is 32.2. The van der Waals surface area contributed by atoms with E-state index < -0.39 is 0 Å². The summed E-state index contributed by atoms with van der Waals surface area (Å²) in [6, 6.07) is 64.3. The standard InChI is InChI=1S/C56H40/c1-55(2)47-28-27-34-16-7-8-18-37(34)53(47)45-30-46-49(32-48(45)55)56(3,4)50-31-44(38-19-9-10-20-39(38)54(46)50)52-42-23-13-11-21-40(42)51(41-22-12-14-24-43(41)52)36-26-25-33-15-5-6-17-35(33)29-36/h5-32H,1-4H3. The van der Waals surface area contributed by atoms with Crippen molar-refractivity contribution in [2.75, 3.05) is 0 Å². The third-order valence-electron chi connectivity index (χ3n) is 13.6. The normalized spacial score (nSPS) is 14.7. The van der Waals surface area contributed by atoms with E-state index in [0.29, 0.717) is 0 Å². The molecule has 2 aliphatic rings.